The summed E-state index contributed by atoms with van der Waals surface area (Å²) in [4.78, 5) is 4.99. The molecule has 0 amide bonds. The van der Waals surface area contributed by atoms with Crippen molar-refractivity contribution in [2.45, 2.75) is 66.5 Å². The van der Waals surface area contributed by atoms with Crippen LogP contribution in [0.25, 0.3) is 0 Å². The van der Waals surface area contributed by atoms with Crippen LogP contribution < -0.4 is 9.80 Å². The normalized spacial score (nSPS) is 15.2. The summed E-state index contributed by atoms with van der Waals surface area (Å²) in [6.45, 7) is 15.8. The van der Waals surface area contributed by atoms with Gasteiger partial charge in [-0.25, -0.2) is 0 Å². The molecule has 0 unspecified atom stereocenters. The molecule has 2 aromatic carbocycles. The van der Waals surface area contributed by atoms with Gasteiger partial charge in [0.1, 0.15) is 0 Å². The van der Waals surface area contributed by atoms with Crippen molar-refractivity contribution < 1.29 is 0 Å². The highest BCUT2D eigenvalue weighted by Crippen LogP contribution is 2.32. The molecule has 0 saturated heterocycles. The van der Waals surface area contributed by atoms with Crippen molar-refractivity contribution in [3.8, 4) is 0 Å². The zero-order valence-electron chi connectivity index (χ0n) is 17.3. The molecule has 0 atom stereocenters. The van der Waals surface area contributed by atoms with Gasteiger partial charge in [-0.05, 0) is 82.7 Å². The summed E-state index contributed by atoms with van der Waals surface area (Å²) in [5.41, 5.74) is 8.76. The van der Waals surface area contributed by atoms with E-state index >= 15 is 0 Å². The van der Waals surface area contributed by atoms with E-state index in [1.807, 2.05) is 0 Å². The summed E-state index contributed by atoms with van der Waals surface area (Å²) in [6.07, 6.45) is 2.43. The molecule has 2 heterocycles. The van der Waals surface area contributed by atoms with Crippen molar-refractivity contribution in [1.82, 2.24) is 0 Å². The molecule has 0 saturated carbocycles. The quantitative estimate of drug-likeness (QED) is 0.702. The first-order chi connectivity index (χ1) is 12.4. The van der Waals surface area contributed by atoms with E-state index in [9.17, 15) is 0 Å². The Labute approximate surface area is 159 Å². The molecule has 0 N–H and O–H groups in total. The summed E-state index contributed by atoms with van der Waals surface area (Å²) >= 11 is 0. The topological polar surface area (TPSA) is 6.48 Å². The molecule has 4 rings (SSSR count). The number of hydrogen-bond donors (Lipinski definition) is 0. The predicted molar refractivity (Wildman–Crippen MR) is 115 cm³/mol. The van der Waals surface area contributed by atoms with Crippen LogP contribution in [0.1, 0.15) is 49.9 Å². The van der Waals surface area contributed by atoms with Gasteiger partial charge in [-0.15, -0.1) is 0 Å². The number of para-hydroxylation sites is 1. The second kappa shape index (κ2) is 7.73. The Balaban J connectivity index is 0.000000151. The second-order valence-corrected chi connectivity index (χ2v) is 8.29. The average molecular weight is 351 g/mol. The van der Waals surface area contributed by atoms with Gasteiger partial charge in [0.2, 0.25) is 0 Å². The summed E-state index contributed by atoms with van der Waals surface area (Å²) in [6, 6.07) is 14.7. The minimum Gasteiger partial charge on any atom is -0.369 e. The summed E-state index contributed by atoms with van der Waals surface area (Å²) in [7, 11) is 0. The van der Waals surface area contributed by atoms with E-state index in [4.69, 9.17) is 0 Å². The maximum Gasteiger partial charge on any atom is 0.0431 e. The molecule has 2 nitrogen and oxygen atoms in total. The van der Waals surface area contributed by atoms with Gasteiger partial charge in [-0.1, -0.05) is 30.3 Å². The molecule has 2 aromatic rings. The smallest absolute Gasteiger partial charge is 0.0431 e. The van der Waals surface area contributed by atoms with Crippen LogP contribution in [0.5, 0.6) is 0 Å². The minimum absolute atomic E-state index is 0.627. The lowest BCUT2D eigenvalue weighted by atomic mass is 10.1. The molecule has 0 fully saturated rings. The molecule has 0 radical (unpaired) electrons. The van der Waals surface area contributed by atoms with Crippen molar-refractivity contribution >= 4 is 11.4 Å². The zero-order chi connectivity index (χ0) is 18.8. The third-order valence-electron chi connectivity index (χ3n) is 5.65. The van der Waals surface area contributed by atoms with E-state index in [2.05, 4.69) is 87.7 Å². The lowest BCUT2D eigenvalue weighted by Crippen LogP contribution is -2.28. The maximum absolute atomic E-state index is 2.50. The molecular formula is C24H34N2. The first kappa shape index (κ1) is 18.8. The SMILES string of the molecule is Cc1ccc2c(c1)N(C(C)C)CC2.Cc1cccc2c1N(C(C)C)CC2. The van der Waals surface area contributed by atoms with Gasteiger partial charge in [-0.3, -0.25) is 0 Å². The number of anilines is 2. The first-order valence-corrected chi connectivity index (χ1v) is 10.1. The predicted octanol–water partition coefficient (Wildman–Crippen LogP) is 5.53. The summed E-state index contributed by atoms with van der Waals surface area (Å²) in [5.74, 6) is 0. The van der Waals surface area contributed by atoms with Crippen molar-refractivity contribution in [1.29, 1.82) is 0 Å². The van der Waals surface area contributed by atoms with Crippen LogP contribution in [-0.4, -0.2) is 25.2 Å². The highest BCUT2D eigenvalue weighted by molar-refractivity contribution is 5.63. The monoisotopic (exact) mass is 350 g/mol. The lowest BCUT2D eigenvalue weighted by molar-refractivity contribution is 0.709. The molecular weight excluding hydrogens is 316 g/mol. The van der Waals surface area contributed by atoms with Crippen molar-refractivity contribution in [3.05, 3.63) is 58.7 Å². The van der Waals surface area contributed by atoms with Crippen molar-refractivity contribution in [2.75, 3.05) is 22.9 Å². The molecule has 2 aliphatic rings. The van der Waals surface area contributed by atoms with Crippen LogP contribution in [0.3, 0.4) is 0 Å². The molecule has 26 heavy (non-hydrogen) atoms. The van der Waals surface area contributed by atoms with Crippen LogP contribution in [0.15, 0.2) is 36.4 Å². The highest BCUT2D eigenvalue weighted by Gasteiger charge is 2.22. The number of nitrogens with zero attached hydrogens (tertiary/aromatic N) is 2. The van der Waals surface area contributed by atoms with Crippen LogP contribution in [-0.2, 0) is 12.8 Å². The van der Waals surface area contributed by atoms with Crippen molar-refractivity contribution in [3.63, 3.8) is 0 Å². The molecule has 0 bridgehead atoms. The van der Waals surface area contributed by atoms with E-state index in [1.165, 1.54) is 59.6 Å². The molecule has 2 heteroatoms. The Morgan fingerprint density at radius 1 is 0.769 bits per heavy atom. The van der Waals surface area contributed by atoms with Gasteiger partial charge >= 0.3 is 0 Å². The van der Waals surface area contributed by atoms with Gasteiger partial charge in [0.15, 0.2) is 0 Å². The van der Waals surface area contributed by atoms with Crippen LogP contribution in [0.2, 0.25) is 0 Å². The Morgan fingerprint density at radius 2 is 1.42 bits per heavy atom. The van der Waals surface area contributed by atoms with Gasteiger partial charge in [0, 0.05) is 36.5 Å². The third kappa shape index (κ3) is 3.75. The van der Waals surface area contributed by atoms with Gasteiger partial charge in [0.05, 0.1) is 0 Å². The largest absolute Gasteiger partial charge is 0.369 e. The fourth-order valence-corrected chi connectivity index (χ4v) is 4.25. The van der Waals surface area contributed by atoms with E-state index in [1.54, 1.807) is 0 Å². The van der Waals surface area contributed by atoms with Gasteiger partial charge in [0.25, 0.3) is 0 Å². The number of rotatable bonds is 2. The third-order valence-corrected chi connectivity index (χ3v) is 5.65. The molecule has 0 spiro atoms. The number of hydrogen-bond acceptors (Lipinski definition) is 2. The fraction of sp³-hybridized carbons (Fsp3) is 0.500. The second-order valence-electron chi connectivity index (χ2n) is 8.29. The number of fused-ring (bicyclic) bond motifs is 2. The first-order valence-electron chi connectivity index (χ1n) is 10.1. The van der Waals surface area contributed by atoms with Crippen LogP contribution in [0, 0.1) is 13.8 Å². The highest BCUT2D eigenvalue weighted by atomic mass is 15.2. The van der Waals surface area contributed by atoms with E-state index in [0.29, 0.717) is 12.1 Å². The Morgan fingerprint density at radius 3 is 2.12 bits per heavy atom. The van der Waals surface area contributed by atoms with Crippen LogP contribution >= 0.6 is 0 Å². The fourth-order valence-electron chi connectivity index (χ4n) is 4.25. The lowest BCUT2D eigenvalue weighted by Gasteiger charge is -2.25. The summed E-state index contributed by atoms with van der Waals surface area (Å²) in [5, 5.41) is 0. The van der Waals surface area contributed by atoms with E-state index in [-0.39, 0.29) is 0 Å². The van der Waals surface area contributed by atoms with E-state index < -0.39 is 0 Å². The van der Waals surface area contributed by atoms with Crippen molar-refractivity contribution in [2.24, 2.45) is 0 Å². The van der Waals surface area contributed by atoms with Gasteiger partial charge in [-0.2, -0.15) is 0 Å². The average Bonchev–Trinajstić information content (AvgIpc) is 3.19. The molecule has 0 aromatic heterocycles. The summed E-state index contributed by atoms with van der Waals surface area (Å²) < 4.78 is 0. The van der Waals surface area contributed by atoms with E-state index in [0.717, 1.165) is 0 Å². The standard InChI is InChI=1S/2C12H17N/c1-9(2)13-7-6-11-5-4-10(3)8-12(11)13;1-9(2)13-8-7-11-6-4-5-10(3)12(11)13/h4-5,8-9H,6-7H2,1-3H3;4-6,9H,7-8H2,1-3H3. The van der Waals surface area contributed by atoms with Gasteiger partial charge < -0.3 is 9.80 Å². The molecule has 0 aliphatic carbocycles. The Hall–Kier alpha value is -1.96. The minimum atomic E-state index is 0.627. The maximum atomic E-state index is 2.50. The molecule has 140 valence electrons. The number of benzene rings is 2. The van der Waals surface area contributed by atoms with Crippen LogP contribution in [0.4, 0.5) is 11.4 Å². The Kier molecular flexibility index (Phi) is 5.60. The Bertz CT molecular complexity index is 761. The number of aryl methyl sites for hydroxylation is 2. The zero-order valence-corrected chi connectivity index (χ0v) is 17.3. The molecule has 2 aliphatic heterocycles.